The molecule has 1 aromatic rings. The van der Waals surface area contributed by atoms with Gasteiger partial charge in [-0.3, -0.25) is 9.69 Å². The van der Waals surface area contributed by atoms with Crippen LogP contribution in [0.5, 0.6) is 0 Å². The van der Waals surface area contributed by atoms with E-state index in [0.717, 1.165) is 0 Å². The smallest absolute Gasteiger partial charge is 0.315 e. The third-order valence-electron chi connectivity index (χ3n) is 1.97. The molecular formula is C10H17N3O2. The lowest BCUT2D eigenvalue weighted by Gasteiger charge is -2.23. The Kier molecular flexibility index (Phi) is 3.44. The van der Waals surface area contributed by atoms with Crippen LogP contribution in [0.1, 0.15) is 33.5 Å². The molecule has 0 spiro atoms. The van der Waals surface area contributed by atoms with Crippen molar-refractivity contribution in [2.75, 3.05) is 4.90 Å². The second-order valence-electron chi connectivity index (χ2n) is 4.08. The van der Waals surface area contributed by atoms with Crippen LogP contribution in [0.25, 0.3) is 0 Å². The van der Waals surface area contributed by atoms with Crippen molar-refractivity contribution in [3.63, 3.8) is 0 Å². The SMILES string of the molecule is Cc1noc(N(C(=O)C(C)C)C(C)C)n1. The molecule has 1 rings (SSSR count). The lowest BCUT2D eigenvalue weighted by Crippen LogP contribution is -2.39. The quantitative estimate of drug-likeness (QED) is 0.764. The predicted molar refractivity (Wildman–Crippen MR) is 56.5 cm³/mol. The van der Waals surface area contributed by atoms with Gasteiger partial charge in [-0.2, -0.15) is 4.98 Å². The van der Waals surface area contributed by atoms with Crippen molar-refractivity contribution >= 4 is 11.9 Å². The second-order valence-corrected chi connectivity index (χ2v) is 4.08. The van der Waals surface area contributed by atoms with E-state index in [1.807, 2.05) is 27.7 Å². The van der Waals surface area contributed by atoms with Crippen LogP contribution < -0.4 is 4.90 Å². The van der Waals surface area contributed by atoms with Crippen LogP contribution in [0.4, 0.5) is 6.01 Å². The lowest BCUT2D eigenvalue weighted by atomic mass is 10.1. The molecule has 0 aliphatic heterocycles. The molecule has 0 aliphatic rings. The van der Waals surface area contributed by atoms with E-state index in [-0.39, 0.29) is 23.9 Å². The minimum Gasteiger partial charge on any atom is -0.315 e. The Morgan fingerprint density at radius 3 is 2.27 bits per heavy atom. The van der Waals surface area contributed by atoms with Gasteiger partial charge in [0.15, 0.2) is 5.82 Å². The molecule has 0 saturated carbocycles. The average Bonchev–Trinajstić information content (AvgIpc) is 2.51. The van der Waals surface area contributed by atoms with Crippen LogP contribution in [-0.4, -0.2) is 22.1 Å². The van der Waals surface area contributed by atoms with E-state index < -0.39 is 0 Å². The van der Waals surface area contributed by atoms with Crippen LogP contribution in [-0.2, 0) is 4.79 Å². The van der Waals surface area contributed by atoms with E-state index in [1.165, 1.54) is 4.90 Å². The third-order valence-corrected chi connectivity index (χ3v) is 1.97. The van der Waals surface area contributed by atoms with Crippen LogP contribution in [0.3, 0.4) is 0 Å². The summed E-state index contributed by atoms with van der Waals surface area (Å²) >= 11 is 0. The Morgan fingerprint density at radius 2 is 1.93 bits per heavy atom. The van der Waals surface area contributed by atoms with Gasteiger partial charge in [0.2, 0.25) is 5.91 Å². The van der Waals surface area contributed by atoms with Gasteiger partial charge in [-0.25, -0.2) is 0 Å². The Hall–Kier alpha value is -1.39. The lowest BCUT2D eigenvalue weighted by molar-refractivity contribution is -0.122. The number of hydrogen-bond acceptors (Lipinski definition) is 4. The Balaban J connectivity index is 2.98. The van der Waals surface area contributed by atoms with Crippen molar-refractivity contribution in [3.05, 3.63) is 5.82 Å². The van der Waals surface area contributed by atoms with Crippen molar-refractivity contribution in [1.29, 1.82) is 0 Å². The monoisotopic (exact) mass is 211 g/mol. The summed E-state index contributed by atoms with van der Waals surface area (Å²) in [4.78, 5) is 17.5. The molecule has 0 fully saturated rings. The molecule has 0 saturated heterocycles. The molecule has 0 aromatic carbocycles. The molecule has 1 heterocycles. The molecule has 0 unspecified atom stereocenters. The van der Waals surface area contributed by atoms with Crippen LogP contribution >= 0.6 is 0 Å². The second kappa shape index (κ2) is 4.42. The van der Waals surface area contributed by atoms with Crippen LogP contribution in [0.15, 0.2) is 4.52 Å². The summed E-state index contributed by atoms with van der Waals surface area (Å²) in [5, 5.41) is 3.68. The highest BCUT2D eigenvalue weighted by molar-refractivity contribution is 5.93. The van der Waals surface area contributed by atoms with Crippen LogP contribution in [0.2, 0.25) is 0 Å². The third kappa shape index (κ3) is 2.55. The molecule has 0 aliphatic carbocycles. The fraction of sp³-hybridized carbons (Fsp3) is 0.700. The van der Waals surface area contributed by atoms with Gasteiger partial charge in [-0.05, 0) is 20.8 Å². The number of nitrogens with zero attached hydrogens (tertiary/aromatic N) is 3. The molecule has 84 valence electrons. The maximum atomic E-state index is 11.9. The van der Waals surface area contributed by atoms with Gasteiger partial charge >= 0.3 is 6.01 Å². The van der Waals surface area contributed by atoms with E-state index in [9.17, 15) is 4.79 Å². The zero-order chi connectivity index (χ0) is 11.6. The minimum atomic E-state index is -0.0837. The normalized spacial score (nSPS) is 11.1. The molecule has 1 amide bonds. The summed E-state index contributed by atoms with van der Waals surface area (Å²) < 4.78 is 5.00. The van der Waals surface area contributed by atoms with Gasteiger partial charge in [0.05, 0.1) is 0 Å². The Bertz CT molecular complexity index is 344. The highest BCUT2D eigenvalue weighted by atomic mass is 16.5. The number of anilines is 1. The maximum Gasteiger partial charge on any atom is 0.331 e. The summed E-state index contributed by atoms with van der Waals surface area (Å²) in [6.45, 7) is 9.26. The Labute approximate surface area is 89.5 Å². The number of amides is 1. The van der Waals surface area contributed by atoms with E-state index in [1.54, 1.807) is 6.92 Å². The molecule has 1 aromatic heterocycles. The zero-order valence-corrected chi connectivity index (χ0v) is 9.81. The van der Waals surface area contributed by atoms with Gasteiger partial charge < -0.3 is 4.52 Å². The molecule has 15 heavy (non-hydrogen) atoms. The largest absolute Gasteiger partial charge is 0.331 e. The van der Waals surface area contributed by atoms with Gasteiger partial charge in [-0.15, -0.1) is 0 Å². The molecule has 5 heteroatoms. The van der Waals surface area contributed by atoms with E-state index in [2.05, 4.69) is 10.1 Å². The molecule has 0 N–H and O–H groups in total. The molecule has 0 bridgehead atoms. The first-order valence-electron chi connectivity index (χ1n) is 5.07. The first-order chi connectivity index (χ1) is 6.93. The first-order valence-corrected chi connectivity index (χ1v) is 5.07. The first kappa shape index (κ1) is 11.7. The number of rotatable bonds is 3. The van der Waals surface area contributed by atoms with Crippen molar-refractivity contribution < 1.29 is 9.32 Å². The fourth-order valence-corrected chi connectivity index (χ4v) is 1.23. The number of aromatic nitrogens is 2. The standard InChI is InChI=1S/C10H17N3O2/c1-6(2)9(14)13(7(3)4)10-11-8(5)12-15-10/h6-7H,1-5H3. The minimum absolute atomic E-state index is 0.00588. The molecular weight excluding hydrogens is 194 g/mol. The van der Waals surface area contributed by atoms with Gasteiger partial charge in [0.1, 0.15) is 0 Å². The van der Waals surface area contributed by atoms with Crippen molar-refractivity contribution in [2.45, 2.75) is 40.7 Å². The van der Waals surface area contributed by atoms with Crippen molar-refractivity contribution in [2.24, 2.45) is 5.92 Å². The predicted octanol–water partition coefficient (Wildman–Crippen LogP) is 1.78. The van der Waals surface area contributed by atoms with E-state index >= 15 is 0 Å². The zero-order valence-electron chi connectivity index (χ0n) is 9.81. The summed E-state index contributed by atoms with van der Waals surface area (Å²) in [5.74, 6) is 0.445. The van der Waals surface area contributed by atoms with E-state index in [4.69, 9.17) is 4.52 Å². The van der Waals surface area contributed by atoms with Crippen LogP contribution in [0, 0.1) is 12.8 Å². The number of hydrogen-bond donors (Lipinski definition) is 0. The number of carbonyl (C=O) groups is 1. The summed E-state index contributed by atoms with van der Waals surface area (Å²) in [7, 11) is 0. The summed E-state index contributed by atoms with van der Waals surface area (Å²) in [5.41, 5.74) is 0. The fourth-order valence-electron chi connectivity index (χ4n) is 1.23. The maximum absolute atomic E-state index is 11.9. The van der Waals surface area contributed by atoms with Gasteiger partial charge in [-0.1, -0.05) is 19.0 Å². The molecule has 0 atom stereocenters. The van der Waals surface area contributed by atoms with Gasteiger partial charge in [0.25, 0.3) is 0 Å². The average molecular weight is 211 g/mol. The highest BCUT2D eigenvalue weighted by Crippen LogP contribution is 2.17. The highest BCUT2D eigenvalue weighted by Gasteiger charge is 2.25. The summed E-state index contributed by atoms with van der Waals surface area (Å²) in [6, 6.07) is 0.293. The van der Waals surface area contributed by atoms with Crippen molar-refractivity contribution in [1.82, 2.24) is 10.1 Å². The number of carbonyl (C=O) groups excluding carboxylic acids is 1. The van der Waals surface area contributed by atoms with E-state index in [0.29, 0.717) is 5.82 Å². The number of aryl methyl sites for hydroxylation is 1. The summed E-state index contributed by atoms with van der Waals surface area (Å²) in [6.07, 6.45) is 0. The van der Waals surface area contributed by atoms with Crippen molar-refractivity contribution in [3.8, 4) is 0 Å². The molecule has 5 nitrogen and oxygen atoms in total. The topological polar surface area (TPSA) is 59.2 Å². The molecule has 0 radical (unpaired) electrons. The van der Waals surface area contributed by atoms with Gasteiger partial charge in [0, 0.05) is 12.0 Å². The Morgan fingerprint density at radius 1 is 1.33 bits per heavy atom.